The van der Waals surface area contributed by atoms with E-state index in [2.05, 4.69) is 5.32 Å². The molecule has 1 aliphatic heterocycles. The minimum atomic E-state index is -0.960. The highest BCUT2D eigenvalue weighted by Crippen LogP contribution is 2.30. The van der Waals surface area contributed by atoms with Crippen LogP contribution >= 0.6 is 0 Å². The van der Waals surface area contributed by atoms with Gasteiger partial charge in [0.15, 0.2) is 6.10 Å². The zero-order chi connectivity index (χ0) is 28.6. The maximum absolute atomic E-state index is 14.6. The first-order valence-electron chi connectivity index (χ1n) is 12.7. The average Bonchev–Trinajstić information content (AvgIpc) is 2.85. The number of primary amides is 1. The van der Waals surface area contributed by atoms with Gasteiger partial charge in [-0.2, -0.15) is 0 Å². The molecule has 6 atom stereocenters. The third kappa shape index (κ3) is 8.54. The predicted octanol–water partition coefficient (Wildman–Crippen LogP) is 4.22. The van der Waals surface area contributed by atoms with Crippen molar-refractivity contribution in [3.8, 4) is 5.75 Å². The van der Waals surface area contributed by atoms with Crippen LogP contribution in [0.1, 0.15) is 52.5 Å². The van der Waals surface area contributed by atoms with Crippen LogP contribution in [0.15, 0.2) is 35.4 Å². The number of phenolic OH excluding ortho intramolecular Hbond substituents is 1. The molecular formula is C28H41FN2O7. The van der Waals surface area contributed by atoms with Crippen LogP contribution in [0.5, 0.6) is 5.75 Å². The molecule has 0 spiro atoms. The topological polar surface area (TPSA) is 140 Å². The van der Waals surface area contributed by atoms with Gasteiger partial charge in [-0.3, -0.25) is 4.79 Å². The van der Waals surface area contributed by atoms with Crippen molar-refractivity contribution in [2.45, 2.75) is 77.8 Å². The van der Waals surface area contributed by atoms with Gasteiger partial charge in [0.2, 0.25) is 0 Å². The lowest BCUT2D eigenvalue weighted by atomic mass is 9.88. The third-order valence-electron chi connectivity index (χ3n) is 6.96. The zero-order valence-electron chi connectivity index (χ0n) is 23.0. The Morgan fingerprint density at radius 2 is 1.82 bits per heavy atom. The second-order valence-corrected chi connectivity index (χ2v) is 10.1. The van der Waals surface area contributed by atoms with Crippen LogP contribution < -0.4 is 11.1 Å². The Balaban J connectivity index is 2.51. The van der Waals surface area contributed by atoms with E-state index in [1.165, 1.54) is 20.3 Å². The molecule has 9 nitrogen and oxygen atoms in total. The van der Waals surface area contributed by atoms with E-state index < -0.39 is 42.2 Å². The second kappa shape index (κ2) is 14.3. The van der Waals surface area contributed by atoms with Crippen LogP contribution in [0.2, 0.25) is 0 Å². The van der Waals surface area contributed by atoms with E-state index in [1.54, 1.807) is 19.9 Å². The lowest BCUT2D eigenvalue weighted by Gasteiger charge is -2.30. The first-order valence-corrected chi connectivity index (χ1v) is 12.7. The molecule has 0 saturated heterocycles. The number of carbonyl (C=O) groups is 2. The standard InChI is InChI=1S/C28H41FN2O7/c1-15-10-19-13-21(20(29)14-22(19)32)31-27(34)16(2)8-7-9-23(36-5)26(38-28(30)35)18(4)12-17(3)25(33)24(11-15)37-6/h8,12-15,17,23-26,32-33H,7,9-11H2,1-6H3,(H2,30,35)(H,31,34)/b16-8+,18-12+/t15-,17+,23+,24+,25-,26+/m1/s1. The molecule has 38 heavy (non-hydrogen) atoms. The van der Waals surface area contributed by atoms with Crippen molar-refractivity contribution in [1.29, 1.82) is 0 Å². The number of aliphatic hydroxyl groups is 1. The number of fused-ring (bicyclic) bond motifs is 2. The fourth-order valence-corrected chi connectivity index (χ4v) is 4.80. The SMILES string of the molecule is CO[C@H]1C[C@H](C)Cc2cc(c(F)cc2O)NC(=O)/C(C)=C/CC[C@H](OC)[C@@H](OC(N)=O)/C(C)=C/[C@H](C)[C@H]1O. The van der Waals surface area contributed by atoms with E-state index in [4.69, 9.17) is 19.9 Å². The van der Waals surface area contributed by atoms with E-state index >= 15 is 0 Å². The van der Waals surface area contributed by atoms with Gasteiger partial charge in [0.1, 0.15) is 11.6 Å². The molecule has 1 heterocycles. The Kier molecular flexibility index (Phi) is 11.7. The maximum atomic E-state index is 14.6. The molecule has 0 saturated carbocycles. The first-order chi connectivity index (χ1) is 17.9. The van der Waals surface area contributed by atoms with Crippen LogP contribution in [0.3, 0.4) is 0 Å². The lowest BCUT2D eigenvalue weighted by Crippen LogP contribution is -2.37. The Bertz CT molecular complexity index is 1040. The number of anilines is 1. The van der Waals surface area contributed by atoms with Crippen LogP contribution in [-0.4, -0.2) is 60.8 Å². The van der Waals surface area contributed by atoms with Crippen molar-refractivity contribution >= 4 is 17.7 Å². The summed E-state index contributed by atoms with van der Waals surface area (Å²) in [6.07, 6.45) is 1.30. The molecule has 1 aromatic carbocycles. The average molecular weight is 537 g/mol. The first kappa shape index (κ1) is 31.3. The summed E-state index contributed by atoms with van der Waals surface area (Å²) in [5.41, 5.74) is 6.77. The molecule has 10 heteroatoms. The fourth-order valence-electron chi connectivity index (χ4n) is 4.80. The number of aliphatic hydroxyl groups excluding tert-OH is 1. The third-order valence-corrected chi connectivity index (χ3v) is 6.96. The summed E-state index contributed by atoms with van der Waals surface area (Å²) >= 11 is 0. The molecular weight excluding hydrogens is 495 g/mol. The number of nitrogens with one attached hydrogen (secondary N) is 1. The van der Waals surface area contributed by atoms with Crippen molar-refractivity contribution in [3.05, 3.63) is 46.8 Å². The van der Waals surface area contributed by atoms with Crippen molar-refractivity contribution < 1.29 is 38.4 Å². The van der Waals surface area contributed by atoms with Gasteiger partial charge in [0.25, 0.3) is 5.91 Å². The molecule has 0 radical (unpaired) electrons. The Labute approximate surface area is 223 Å². The summed E-state index contributed by atoms with van der Waals surface area (Å²) in [6, 6.07) is 2.42. The summed E-state index contributed by atoms with van der Waals surface area (Å²) in [5.74, 6) is -1.90. The molecule has 0 unspecified atom stereocenters. The van der Waals surface area contributed by atoms with Crippen LogP contribution in [0, 0.1) is 17.7 Å². The number of allylic oxidation sites excluding steroid dienone is 1. The molecule has 0 aromatic heterocycles. The number of halogens is 1. The molecule has 2 rings (SSSR count). The lowest BCUT2D eigenvalue weighted by molar-refractivity contribution is -0.112. The van der Waals surface area contributed by atoms with Crippen LogP contribution in [0.25, 0.3) is 0 Å². The number of methoxy groups -OCH3 is 2. The number of rotatable bonds is 3. The highest BCUT2D eigenvalue weighted by atomic mass is 19.1. The van der Waals surface area contributed by atoms with Gasteiger partial charge in [-0.1, -0.05) is 26.0 Å². The summed E-state index contributed by atoms with van der Waals surface area (Å²) in [6.45, 7) is 7.14. The maximum Gasteiger partial charge on any atom is 0.405 e. The summed E-state index contributed by atoms with van der Waals surface area (Å²) in [7, 11) is 3.00. The number of benzene rings is 1. The monoisotopic (exact) mass is 536 g/mol. The predicted molar refractivity (Wildman–Crippen MR) is 142 cm³/mol. The molecule has 0 aliphatic carbocycles. The van der Waals surface area contributed by atoms with Crippen molar-refractivity contribution in [2.75, 3.05) is 19.5 Å². The van der Waals surface area contributed by atoms with Crippen molar-refractivity contribution in [3.63, 3.8) is 0 Å². The van der Waals surface area contributed by atoms with E-state index in [9.17, 15) is 24.2 Å². The van der Waals surface area contributed by atoms with E-state index in [-0.39, 0.29) is 23.3 Å². The number of hydrogen-bond acceptors (Lipinski definition) is 7. The van der Waals surface area contributed by atoms with E-state index in [0.29, 0.717) is 42.4 Å². The van der Waals surface area contributed by atoms with Gasteiger partial charge in [-0.05, 0) is 62.7 Å². The minimum Gasteiger partial charge on any atom is -0.508 e. The number of ether oxygens (including phenoxy) is 3. The molecule has 212 valence electrons. The summed E-state index contributed by atoms with van der Waals surface area (Å²) in [4.78, 5) is 24.4. The molecule has 2 amide bonds. The van der Waals surface area contributed by atoms with Crippen molar-refractivity contribution in [1.82, 2.24) is 0 Å². The van der Waals surface area contributed by atoms with Crippen molar-refractivity contribution in [2.24, 2.45) is 17.6 Å². The Morgan fingerprint density at radius 3 is 2.42 bits per heavy atom. The normalized spacial score (nSPS) is 30.9. The van der Waals surface area contributed by atoms with Gasteiger partial charge in [-0.25, -0.2) is 9.18 Å². The van der Waals surface area contributed by atoms with E-state index in [0.717, 1.165) is 6.07 Å². The van der Waals surface area contributed by atoms with Crippen LogP contribution in [-0.2, 0) is 25.4 Å². The number of nitrogens with two attached hydrogens (primary N) is 1. The number of carbonyl (C=O) groups excluding carboxylic acids is 2. The fraction of sp³-hybridized carbons (Fsp3) is 0.571. The van der Waals surface area contributed by atoms with E-state index in [1.807, 2.05) is 19.9 Å². The van der Waals surface area contributed by atoms with Gasteiger partial charge >= 0.3 is 6.09 Å². The zero-order valence-corrected chi connectivity index (χ0v) is 23.0. The minimum absolute atomic E-state index is 0.0397. The highest BCUT2D eigenvalue weighted by Gasteiger charge is 2.30. The second-order valence-electron chi connectivity index (χ2n) is 10.1. The Hall–Kier alpha value is -2.95. The molecule has 0 fully saturated rings. The highest BCUT2D eigenvalue weighted by molar-refractivity contribution is 6.03. The Morgan fingerprint density at radius 1 is 1.16 bits per heavy atom. The van der Waals surface area contributed by atoms with Gasteiger partial charge in [0.05, 0.1) is 24.0 Å². The number of hydrogen-bond donors (Lipinski definition) is 4. The van der Waals surface area contributed by atoms with Gasteiger partial charge < -0.3 is 35.5 Å². The summed E-state index contributed by atoms with van der Waals surface area (Å²) < 4.78 is 31.2. The molecule has 1 aromatic rings. The van der Waals surface area contributed by atoms with Crippen LogP contribution in [0.4, 0.5) is 14.9 Å². The largest absolute Gasteiger partial charge is 0.508 e. The molecule has 5 N–H and O–H groups in total. The number of aromatic hydroxyl groups is 1. The van der Waals surface area contributed by atoms with Gasteiger partial charge in [0, 0.05) is 31.8 Å². The van der Waals surface area contributed by atoms with Gasteiger partial charge in [-0.15, -0.1) is 0 Å². The summed E-state index contributed by atoms with van der Waals surface area (Å²) in [5, 5.41) is 24.0. The quantitative estimate of drug-likeness (QED) is 0.335. The number of phenols is 1. The molecule has 1 aliphatic rings. The molecule has 2 bridgehead atoms. The number of amides is 2. The smallest absolute Gasteiger partial charge is 0.405 e.